The van der Waals surface area contributed by atoms with E-state index in [1.54, 1.807) is 0 Å². The van der Waals surface area contributed by atoms with Crippen molar-refractivity contribution in [3.63, 3.8) is 0 Å². The van der Waals surface area contributed by atoms with Crippen molar-refractivity contribution < 1.29 is 24.6 Å². The Kier molecular flexibility index (Phi) is 18.2. The zero-order valence-corrected chi connectivity index (χ0v) is 13.4. The highest BCUT2D eigenvalue weighted by molar-refractivity contribution is 5.83. The van der Waals surface area contributed by atoms with E-state index in [4.69, 9.17) is 15.9 Å². The van der Waals surface area contributed by atoms with E-state index >= 15 is 0 Å². The third kappa shape index (κ3) is 14.9. The number of nitrogens with one attached hydrogen (secondary N) is 1. The molecule has 0 unspecified atom stereocenters. The van der Waals surface area contributed by atoms with Gasteiger partial charge in [-0.25, -0.2) is 4.79 Å². The van der Waals surface area contributed by atoms with Crippen LogP contribution in [0.25, 0.3) is 0 Å². The van der Waals surface area contributed by atoms with Crippen LogP contribution in [0.2, 0.25) is 0 Å². The van der Waals surface area contributed by atoms with E-state index < -0.39 is 12.0 Å². The zero-order chi connectivity index (χ0) is 17.2. The molecule has 0 aliphatic heterocycles. The quantitative estimate of drug-likeness (QED) is 0.294. The fourth-order valence-corrected chi connectivity index (χ4v) is 1.89. The maximum atomic E-state index is 11.6. The fourth-order valence-electron chi connectivity index (χ4n) is 1.89. The van der Waals surface area contributed by atoms with Gasteiger partial charge in [0.1, 0.15) is 12.3 Å². The van der Waals surface area contributed by atoms with Crippen LogP contribution in [0, 0.1) is 0 Å². The lowest BCUT2D eigenvalue weighted by molar-refractivity contribution is -0.142. The number of aliphatic hydroxyl groups excluding tert-OH is 1. The summed E-state index contributed by atoms with van der Waals surface area (Å²) in [4.78, 5) is 32.6. The number of unbranched alkanes of at least 4 members (excludes halogenated alkanes) is 5. The summed E-state index contributed by atoms with van der Waals surface area (Å²) in [6, 6.07) is -0.835. The Hall–Kier alpha value is -1.47. The standard InChI is InChI=1S/C14H26N2O4.CH4O/c15-10-7-8-12(14(19)20)16-13(18)9-5-3-1-2-4-6-11-17;1-2/h11-12H,1-10,15H2,(H,16,18)(H,19,20);2H,1H3/t12-;/m0./s1. The molecule has 0 aliphatic rings. The third-order valence-corrected chi connectivity index (χ3v) is 3.06. The summed E-state index contributed by atoms with van der Waals surface area (Å²) in [7, 11) is 1.00. The molecule has 0 rings (SSSR count). The Morgan fingerprint density at radius 1 is 1.09 bits per heavy atom. The summed E-state index contributed by atoms with van der Waals surface area (Å²) in [6.07, 6.45) is 7.37. The van der Waals surface area contributed by atoms with Gasteiger partial charge in [0.15, 0.2) is 0 Å². The van der Waals surface area contributed by atoms with Gasteiger partial charge in [-0.05, 0) is 32.2 Å². The highest BCUT2D eigenvalue weighted by Gasteiger charge is 2.18. The van der Waals surface area contributed by atoms with Gasteiger partial charge in [0.2, 0.25) is 5.91 Å². The van der Waals surface area contributed by atoms with Gasteiger partial charge in [0, 0.05) is 20.0 Å². The van der Waals surface area contributed by atoms with Crippen LogP contribution in [0.3, 0.4) is 0 Å². The maximum Gasteiger partial charge on any atom is 0.326 e. The largest absolute Gasteiger partial charge is 0.480 e. The van der Waals surface area contributed by atoms with Gasteiger partial charge in [0.05, 0.1) is 0 Å². The zero-order valence-electron chi connectivity index (χ0n) is 13.4. The number of aliphatic carboxylic acids is 1. The SMILES string of the molecule is CO.NCCC[C@H](NC(=O)CCCCCCCC=O)C(=O)O. The van der Waals surface area contributed by atoms with Crippen molar-refractivity contribution in [2.24, 2.45) is 5.73 Å². The molecule has 0 aliphatic carbocycles. The van der Waals surface area contributed by atoms with E-state index in [2.05, 4.69) is 5.32 Å². The molecule has 0 saturated heterocycles. The molecule has 0 aromatic carbocycles. The minimum Gasteiger partial charge on any atom is -0.480 e. The topological polar surface area (TPSA) is 130 Å². The molecule has 0 heterocycles. The van der Waals surface area contributed by atoms with Crippen LogP contribution in [0.1, 0.15) is 57.8 Å². The first-order valence-electron chi connectivity index (χ1n) is 7.72. The minimum atomic E-state index is -1.01. The fraction of sp³-hybridized carbons (Fsp3) is 0.800. The normalized spacial score (nSPS) is 11.0. The molecule has 7 heteroatoms. The molecule has 0 spiro atoms. The summed E-state index contributed by atoms with van der Waals surface area (Å²) >= 11 is 0. The average molecular weight is 318 g/mol. The molecule has 1 atom stereocenters. The lowest BCUT2D eigenvalue weighted by Gasteiger charge is -2.13. The molecule has 0 fully saturated rings. The van der Waals surface area contributed by atoms with E-state index in [-0.39, 0.29) is 5.91 Å². The van der Waals surface area contributed by atoms with E-state index in [9.17, 15) is 14.4 Å². The van der Waals surface area contributed by atoms with Gasteiger partial charge in [-0.15, -0.1) is 0 Å². The molecule has 5 N–H and O–H groups in total. The van der Waals surface area contributed by atoms with E-state index in [1.807, 2.05) is 0 Å². The van der Waals surface area contributed by atoms with Gasteiger partial charge in [-0.1, -0.05) is 19.3 Å². The number of carbonyl (C=O) groups excluding carboxylic acids is 2. The van der Waals surface area contributed by atoms with Gasteiger partial charge >= 0.3 is 5.97 Å². The van der Waals surface area contributed by atoms with Gasteiger partial charge in [-0.2, -0.15) is 0 Å². The summed E-state index contributed by atoms with van der Waals surface area (Å²) in [5.41, 5.74) is 5.33. The number of nitrogens with two attached hydrogens (primary N) is 1. The van der Waals surface area contributed by atoms with Crippen molar-refractivity contribution in [2.75, 3.05) is 13.7 Å². The van der Waals surface area contributed by atoms with Crippen LogP contribution in [-0.4, -0.2) is 48.1 Å². The number of hydrogen-bond acceptors (Lipinski definition) is 5. The number of amides is 1. The molecule has 22 heavy (non-hydrogen) atoms. The number of carbonyl (C=O) groups is 3. The van der Waals surface area contributed by atoms with Crippen molar-refractivity contribution in [1.29, 1.82) is 0 Å². The Morgan fingerprint density at radius 3 is 2.23 bits per heavy atom. The average Bonchev–Trinajstić information content (AvgIpc) is 2.52. The number of aliphatic hydroxyl groups is 1. The van der Waals surface area contributed by atoms with Gasteiger partial charge in [0.25, 0.3) is 0 Å². The number of aldehydes is 1. The highest BCUT2D eigenvalue weighted by Crippen LogP contribution is 2.07. The van der Waals surface area contributed by atoms with Gasteiger partial charge in [-0.3, -0.25) is 4.79 Å². The van der Waals surface area contributed by atoms with Gasteiger partial charge < -0.3 is 26.1 Å². The maximum absolute atomic E-state index is 11.6. The first-order valence-corrected chi connectivity index (χ1v) is 7.72. The molecule has 1 amide bonds. The first-order chi connectivity index (χ1) is 10.6. The predicted octanol–water partition coefficient (Wildman–Crippen LogP) is 0.833. The molecule has 0 bridgehead atoms. The molecule has 0 radical (unpaired) electrons. The smallest absolute Gasteiger partial charge is 0.326 e. The van der Waals surface area contributed by atoms with Crippen LogP contribution in [-0.2, 0) is 14.4 Å². The van der Waals surface area contributed by atoms with Crippen molar-refractivity contribution in [3.8, 4) is 0 Å². The third-order valence-electron chi connectivity index (χ3n) is 3.06. The summed E-state index contributed by atoms with van der Waals surface area (Å²) < 4.78 is 0. The number of rotatable bonds is 13. The number of hydrogen-bond donors (Lipinski definition) is 4. The molecule has 0 aromatic rings. The summed E-state index contributed by atoms with van der Waals surface area (Å²) in [6.45, 7) is 0.417. The Bertz CT molecular complexity index is 298. The summed E-state index contributed by atoms with van der Waals surface area (Å²) in [5.74, 6) is -1.23. The van der Waals surface area contributed by atoms with Crippen LogP contribution < -0.4 is 11.1 Å². The number of carboxylic acid groups (broad SMARTS) is 1. The molecule has 7 nitrogen and oxygen atoms in total. The second-order valence-electron chi connectivity index (χ2n) is 4.86. The van der Waals surface area contributed by atoms with Crippen LogP contribution in [0.15, 0.2) is 0 Å². The Balaban J connectivity index is 0. The van der Waals surface area contributed by atoms with Crippen molar-refractivity contribution in [2.45, 2.75) is 63.8 Å². The predicted molar refractivity (Wildman–Crippen MR) is 84.4 cm³/mol. The van der Waals surface area contributed by atoms with Crippen LogP contribution >= 0.6 is 0 Å². The van der Waals surface area contributed by atoms with E-state index in [0.717, 1.165) is 45.5 Å². The Labute approximate surface area is 132 Å². The highest BCUT2D eigenvalue weighted by atomic mass is 16.4. The van der Waals surface area contributed by atoms with Crippen molar-refractivity contribution in [1.82, 2.24) is 5.32 Å². The van der Waals surface area contributed by atoms with Crippen LogP contribution in [0.4, 0.5) is 0 Å². The van der Waals surface area contributed by atoms with Crippen LogP contribution in [0.5, 0.6) is 0 Å². The Morgan fingerprint density at radius 2 is 1.68 bits per heavy atom. The van der Waals surface area contributed by atoms with E-state index in [0.29, 0.717) is 32.2 Å². The second-order valence-corrected chi connectivity index (χ2v) is 4.86. The molecular weight excluding hydrogens is 288 g/mol. The first kappa shape index (κ1) is 22.8. The molecule has 130 valence electrons. The lowest BCUT2D eigenvalue weighted by atomic mass is 10.1. The molecule has 0 aromatic heterocycles. The van der Waals surface area contributed by atoms with E-state index in [1.165, 1.54) is 0 Å². The monoisotopic (exact) mass is 318 g/mol. The second kappa shape index (κ2) is 17.6. The van der Waals surface area contributed by atoms with Crippen molar-refractivity contribution >= 4 is 18.2 Å². The van der Waals surface area contributed by atoms with Crippen molar-refractivity contribution in [3.05, 3.63) is 0 Å². The summed E-state index contributed by atoms with van der Waals surface area (Å²) in [5, 5.41) is 18.5. The number of carboxylic acids is 1. The molecule has 0 saturated carbocycles. The molecular formula is C15H30N2O5. The minimum absolute atomic E-state index is 0.220. The lowest BCUT2D eigenvalue weighted by Crippen LogP contribution is -2.40.